The maximum atomic E-state index is 14.0. The van der Waals surface area contributed by atoms with Crippen molar-refractivity contribution in [2.45, 2.75) is 31.7 Å². The number of carbonyl (C=O) groups excluding carboxylic acids is 2. The first-order valence-corrected chi connectivity index (χ1v) is 15.0. The Labute approximate surface area is 261 Å². The summed E-state index contributed by atoms with van der Waals surface area (Å²) < 4.78 is 11.7. The number of hydrogen-bond acceptors (Lipinski definition) is 9. The molecule has 6 rings (SSSR count). The van der Waals surface area contributed by atoms with E-state index in [4.69, 9.17) is 9.39 Å². The van der Waals surface area contributed by atoms with Gasteiger partial charge in [0.2, 0.25) is 11.8 Å². The summed E-state index contributed by atoms with van der Waals surface area (Å²) in [7, 11) is -1.30. The normalized spacial score (nSPS) is 23.3. The molecule has 4 N–H and O–H groups in total. The predicted octanol–water partition coefficient (Wildman–Crippen LogP) is 2.44. The number of methoxy groups -OCH3 is 1. The van der Waals surface area contributed by atoms with Crippen LogP contribution in [0.2, 0.25) is 6.32 Å². The number of anilines is 1. The lowest BCUT2D eigenvalue weighted by atomic mass is 9.58. The number of phenolic OH excluding ortho intramolecular Hbond substituents is 1. The number of phenols is 1. The molecular weight excluding hydrogens is 574 g/mol. The van der Waals surface area contributed by atoms with E-state index in [9.17, 15) is 29.8 Å². The van der Waals surface area contributed by atoms with Gasteiger partial charge < -0.3 is 29.6 Å². The van der Waals surface area contributed by atoms with Gasteiger partial charge in [0.1, 0.15) is 5.75 Å². The zero-order valence-electron chi connectivity index (χ0n) is 24.8. The highest BCUT2D eigenvalue weighted by Gasteiger charge is 2.57. The van der Waals surface area contributed by atoms with Crippen molar-refractivity contribution in [1.82, 2.24) is 4.98 Å². The van der Waals surface area contributed by atoms with Crippen LogP contribution in [0, 0.1) is 17.8 Å². The molecule has 2 fully saturated rings. The van der Waals surface area contributed by atoms with Crippen LogP contribution in [0.1, 0.15) is 30.5 Å². The van der Waals surface area contributed by atoms with Gasteiger partial charge in [-0.05, 0) is 102 Å². The molecule has 0 bridgehead atoms. The number of amides is 2. The van der Waals surface area contributed by atoms with E-state index in [1.54, 1.807) is 43.6 Å². The molecule has 2 saturated heterocycles. The number of hydrogen-bond donors (Lipinski definition) is 4. The lowest BCUT2D eigenvalue weighted by molar-refractivity contribution is -0.122. The Bertz CT molecular complexity index is 1650. The second-order valence-corrected chi connectivity index (χ2v) is 11.7. The van der Waals surface area contributed by atoms with Crippen LogP contribution >= 0.6 is 0 Å². The van der Waals surface area contributed by atoms with E-state index >= 15 is 0 Å². The number of fused-ring (bicyclic) bond motifs is 3. The molecule has 1 aromatic heterocycles. The topological polar surface area (TPSA) is 150 Å². The number of aromatic nitrogens is 1. The molecule has 2 aliphatic heterocycles. The molecule has 2 amide bonds. The SMILES string of the molecule is COCC1=C2[C@@H](CC/C(=C/c3cccc(O)c3)c3ccccn3)OB(O)C[C@@H]2[C@@H]2C(=O)N(c3cccc(B(O)O)c3)C(=O)[C@@H]2C1. The minimum absolute atomic E-state index is 0.154. The van der Waals surface area contributed by atoms with Gasteiger partial charge in [-0.2, -0.15) is 0 Å². The fourth-order valence-corrected chi connectivity index (χ4v) is 7.08. The van der Waals surface area contributed by atoms with E-state index in [-0.39, 0.29) is 41.6 Å². The number of imide groups is 1. The fourth-order valence-electron chi connectivity index (χ4n) is 7.08. The summed E-state index contributed by atoms with van der Waals surface area (Å²) in [6, 6.07) is 18.7. The highest BCUT2D eigenvalue weighted by Crippen LogP contribution is 2.51. The number of carbonyl (C=O) groups is 2. The van der Waals surface area contributed by atoms with Crippen molar-refractivity contribution < 1.29 is 39.2 Å². The molecule has 2 aromatic carbocycles. The molecule has 0 radical (unpaired) electrons. The van der Waals surface area contributed by atoms with Gasteiger partial charge in [0, 0.05) is 13.3 Å². The van der Waals surface area contributed by atoms with Crippen LogP contribution in [0.5, 0.6) is 5.75 Å². The lowest BCUT2D eigenvalue weighted by Gasteiger charge is -2.43. The molecule has 4 atom stereocenters. The first kappa shape index (κ1) is 30.9. The molecule has 0 unspecified atom stereocenters. The smallest absolute Gasteiger partial charge is 0.488 e. The van der Waals surface area contributed by atoms with Crippen LogP contribution in [0.15, 0.2) is 84.1 Å². The van der Waals surface area contributed by atoms with Gasteiger partial charge in [-0.15, -0.1) is 0 Å². The molecule has 230 valence electrons. The zero-order chi connectivity index (χ0) is 31.7. The number of ether oxygens (including phenoxy) is 1. The third-order valence-electron chi connectivity index (χ3n) is 8.93. The van der Waals surface area contributed by atoms with Gasteiger partial charge in [-0.3, -0.25) is 19.5 Å². The minimum atomic E-state index is -1.74. The zero-order valence-corrected chi connectivity index (χ0v) is 24.8. The Balaban J connectivity index is 1.33. The first-order chi connectivity index (χ1) is 21.7. The van der Waals surface area contributed by atoms with Crippen molar-refractivity contribution >= 4 is 48.9 Å². The van der Waals surface area contributed by atoms with E-state index in [1.165, 1.54) is 12.1 Å². The third kappa shape index (κ3) is 6.25. The number of pyridine rings is 1. The molecule has 3 aromatic rings. The van der Waals surface area contributed by atoms with Crippen molar-refractivity contribution in [2.24, 2.45) is 17.8 Å². The maximum absolute atomic E-state index is 14.0. The van der Waals surface area contributed by atoms with Crippen molar-refractivity contribution in [2.75, 3.05) is 18.6 Å². The van der Waals surface area contributed by atoms with Crippen molar-refractivity contribution in [3.05, 3.63) is 95.3 Å². The Morgan fingerprint density at radius 2 is 1.91 bits per heavy atom. The molecule has 10 nitrogen and oxygen atoms in total. The van der Waals surface area contributed by atoms with Gasteiger partial charge in [0.05, 0.1) is 35.9 Å². The maximum Gasteiger partial charge on any atom is 0.488 e. The molecule has 45 heavy (non-hydrogen) atoms. The molecule has 1 aliphatic carbocycles. The van der Waals surface area contributed by atoms with Crippen LogP contribution in [-0.4, -0.2) is 71.0 Å². The van der Waals surface area contributed by atoms with Gasteiger partial charge in [-0.1, -0.05) is 30.3 Å². The van der Waals surface area contributed by atoms with Crippen LogP contribution in [0.4, 0.5) is 5.69 Å². The van der Waals surface area contributed by atoms with Gasteiger partial charge >= 0.3 is 14.2 Å². The van der Waals surface area contributed by atoms with E-state index in [0.29, 0.717) is 19.3 Å². The van der Waals surface area contributed by atoms with Crippen molar-refractivity contribution in [3.8, 4) is 5.75 Å². The summed E-state index contributed by atoms with van der Waals surface area (Å²) in [6.45, 7) is 0.255. The van der Waals surface area contributed by atoms with Gasteiger partial charge in [0.25, 0.3) is 0 Å². The standard InChI is InChI=1S/C33H34B2N2O8/c1-44-19-22-16-26-31(33(40)37(32(26)39)24-8-5-7-23(17-24)35(42)43)27-18-34(41)45-29(30(22)27)12-11-21(28-10-2-3-13-36-28)14-20-6-4-9-25(38)15-20/h2-10,13-15,17,26-27,29,31,38,41-43H,11-12,16,18-19H2,1H3/b21-14-/t26-,27+,29-,31-/m1/s1. The predicted molar refractivity (Wildman–Crippen MR) is 170 cm³/mol. The van der Waals surface area contributed by atoms with E-state index in [2.05, 4.69) is 4.98 Å². The second-order valence-electron chi connectivity index (χ2n) is 11.7. The minimum Gasteiger partial charge on any atom is -0.508 e. The van der Waals surface area contributed by atoms with Gasteiger partial charge in [0.15, 0.2) is 0 Å². The summed E-state index contributed by atoms with van der Waals surface area (Å²) in [5.41, 5.74) is 4.72. The van der Waals surface area contributed by atoms with Crippen LogP contribution in [0.25, 0.3) is 11.6 Å². The number of benzene rings is 2. The van der Waals surface area contributed by atoms with Crippen LogP contribution < -0.4 is 10.4 Å². The number of nitrogens with zero attached hydrogens (tertiary/aromatic N) is 2. The molecule has 3 heterocycles. The monoisotopic (exact) mass is 608 g/mol. The average molecular weight is 608 g/mol. The summed E-state index contributed by atoms with van der Waals surface area (Å²) >= 11 is 0. The first-order valence-electron chi connectivity index (χ1n) is 15.0. The Morgan fingerprint density at radius 3 is 2.64 bits per heavy atom. The lowest BCUT2D eigenvalue weighted by Crippen LogP contribution is -2.46. The highest BCUT2D eigenvalue weighted by molar-refractivity contribution is 6.58. The third-order valence-corrected chi connectivity index (χ3v) is 8.93. The summed E-state index contributed by atoms with van der Waals surface area (Å²) in [5.74, 6) is -2.36. The van der Waals surface area contributed by atoms with Crippen molar-refractivity contribution in [1.29, 1.82) is 0 Å². The summed E-state index contributed by atoms with van der Waals surface area (Å²) in [4.78, 5) is 33.5. The van der Waals surface area contributed by atoms with Gasteiger partial charge in [-0.25, -0.2) is 0 Å². The summed E-state index contributed by atoms with van der Waals surface area (Å²) in [6.07, 6.45) is 4.61. The molecule has 0 saturated carbocycles. The quantitative estimate of drug-likeness (QED) is 0.163. The van der Waals surface area contributed by atoms with Crippen LogP contribution in [-0.2, 0) is 19.0 Å². The molecule has 0 spiro atoms. The Kier molecular flexibility index (Phi) is 9.02. The molecular formula is C33H34B2N2O8. The Morgan fingerprint density at radius 1 is 1.09 bits per heavy atom. The van der Waals surface area contributed by atoms with Crippen molar-refractivity contribution in [3.63, 3.8) is 0 Å². The van der Waals surface area contributed by atoms with Crippen LogP contribution in [0.3, 0.4) is 0 Å². The Hall–Kier alpha value is -4.06. The number of aromatic hydroxyl groups is 1. The van der Waals surface area contributed by atoms with E-state index in [1.807, 2.05) is 30.3 Å². The fraction of sp³-hybridized carbons (Fsp3) is 0.303. The number of rotatable bonds is 9. The molecule has 3 aliphatic rings. The average Bonchev–Trinajstić information content (AvgIpc) is 3.28. The second kappa shape index (κ2) is 13.1. The summed E-state index contributed by atoms with van der Waals surface area (Å²) in [5, 5.41) is 40.3. The van der Waals surface area contributed by atoms with E-state index in [0.717, 1.165) is 32.9 Å². The largest absolute Gasteiger partial charge is 0.508 e. The molecule has 12 heteroatoms. The number of allylic oxidation sites excluding steroid dienone is 1. The highest BCUT2D eigenvalue weighted by atomic mass is 16.5. The van der Waals surface area contributed by atoms with E-state index < -0.39 is 38.1 Å².